The lowest BCUT2D eigenvalue weighted by Crippen LogP contribution is -2.15. The van der Waals surface area contributed by atoms with E-state index in [9.17, 15) is 24.8 Å². The van der Waals surface area contributed by atoms with Crippen LogP contribution in [-0.2, 0) is 7.05 Å². The Balaban J connectivity index is 1.94. The first-order valence-corrected chi connectivity index (χ1v) is 8.36. The number of carbonyl (C=O) groups is 2. The van der Waals surface area contributed by atoms with Crippen LogP contribution in [-0.4, -0.2) is 31.7 Å². The number of rotatable bonds is 6. The van der Waals surface area contributed by atoms with Gasteiger partial charge in [-0.25, -0.2) is 4.79 Å². The van der Waals surface area contributed by atoms with E-state index in [1.54, 1.807) is 12.1 Å². The summed E-state index contributed by atoms with van der Waals surface area (Å²) in [6, 6.07) is 10.9. The number of aromatic carboxylic acids is 1. The first-order valence-electron chi connectivity index (χ1n) is 8.36. The second kappa shape index (κ2) is 7.80. The lowest BCUT2D eigenvalue weighted by atomic mass is 10.2. The lowest BCUT2D eigenvalue weighted by Gasteiger charge is -2.11. The number of carboxylic acid groups (broad SMARTS) is 1. The zero-order chi connectivity index (χ0) is 21.1. The highest BCUT2D eigenvalue weighted by Gasteiger charge is 2.22. The summed E-state index contributed by atoms with van der Waals surface area (Å²) in [5.41, 5.74) is 0.00903. The minimum atomic E-state index is -1.36. The SMILES string of the molecule is Cc1ccccc1Oc1cc(NC(=O)c2cn(C)nc2C(=O)O)cc([N+](=O)[O-])c1. The second-order valence-electron chi connectivity index (χ2n) is 6.16. The molecule has 0 bridgehead atoms. The normalized spacial score (nSPS) is 10.4. The van der Waals surface area contributed by atoms with Crippen LogP contribution in [0.5, 0.6) is 11.5 Å². The molecule has 0 unspecified atom stereocenters. The Bertz CT molecular complexity index is 1120. The fourth-order valence-corrected chi connectivity index (χ4v) is 2.63. The van der Waals surface area contributed by atoms with Crippen molar-refractivity contribution in [3.05, 3.63) is 75.6 Å². The van der Waals surface area contributed by atoms with Crippen molar-refractivity contribution in [1.29, 1.82) is 0 Å². The van der Waals surface area contributed by atoms with Crippen LogP contribution < -0.4 is 10.1 Å². The number of carboxylic acids is 1. The molecule has 2 aromatic carbocycles. The monoisotopic (exact) mass is 396 g/mol. The molecule has 3 aromatic rings. The number of hydrogen-bond acceptors (Lipinski definition) is 6. The minimum Gasteiger partial charge on any atom is -0.476 e. The Hall–Kier alpha value is -4.21. The van der Waals surface area contributed by atoms with Gasteiger partial charge in [-0.3, -0.25) is 19.6 Å². The Morgan fingerprint density at radius 1 is 1.24 bits per heavy atom. The molecule has 0 aliphatic carbocycles. The number of nitro benzene ring substituents is 1. The van der Waals surface area contributed by atoms with Gasteiger partial charge in [0, 0.05) is 25.4 Å². The minimum absolute atomic E-state index is 0.0768. The van der Waals surface area contributed by atoms with Crippen LogP contribution in [0.3, 0.4) is 0 Å². The molecule has 29 heavy (non-hydrogen) atoms. The van der Waals surface area contributed by atoms with E-state index in [0.29, 0.717) is 5.75 Å². The molecule has 0 radical (unpaired) electrons. The maximum absolute atomic E-state index is 12.5. The average Bonchev–Trinajstić information content (AvgIpc) is 3.06. The van der Waals surface area contributed by atoms with Crippen molar-refractivity contribution in [3.63, 3.8) is 0 Å². The summed E-state index contributed by atoms with van der Waals surface area (Å²) in [6.07, 6.45) is 1.25. The molecule has 1 aromatic heterocycles. The zero-order valence-electron chi connectivity index (χ0n) is 15.4. The summed E-state index contributed by atoms with van der Waals surface area (Å²) >= 11 is 0. The van der Waals surface area contributed by atoms with Gasteiger partial charge in [0.25, 0.3) is 11.6 Å². The lowest BCUT2D eigenvalue weighted by molar-refractivity contribution is -0.384. The van der Waals surface area contributed by atoms with Crippen LogP contribution in [0, 0.1) is 17.0 Å². The van der Waals surface area contributed by atoms with E-state index in [0.717, 1.165) is 11.6 Å². The van der Waals surface area contributed by atoms with Crippen molar-refractivity contribution in [2.24, 2.45) is 7.05 Å². The molecule has 10 nitrogen and oxygen atoms in total. The highest BCUT2D eigenvalue weighted by atomic mass is 16.6. The molecular weight excluding hydrogens is 380 g/mol. The maximum Gasteiger partial charge on any atom is 0.357 e. The van der Waals surface area contributed by atoms with Gasteiger partial charge in [0.05, 0.1) is 22.2 Å². The quantitative estimate of drug-likeness (QED) is 0.481. The number of ether oxygens (including phenoxy) is 1. The van der Waals surface area contributed by atoms with Gasteiger partial charge in [-0.2, -0.15) is 5.10 Å². The van der Waals surface area contributed by atoms with Gasteiger partial charge in [-0.05, 0) is 18.6 Å². The fourth-order valence-electron chi connectivity index (χ4n) is 2.63. The molecule has 0 atom stereocenters. The van der Waals surface area contributed by atoms with Gasteiger partial charge >= 0.3 is 5.97 Å². The molecule has 0 spiro atoms. The van der Waals surface area contributed by atoms with E-state index in [1.807, 2.05) is 19.1 Å². The van der Waals surface area contributed by atoms with Gasteiger partial charge in [0.2, 0.25) is 0 Å². The number of nitro groups is 1. The number of para-hydroxylation sites is 1. The number of hydrogen-bond donors (Lipinski definition) is 2. The molecule has 10 heteroatoms. The molecular formula is C19H16N4O6. The van der Waals surface area contributed by atoms with Gasteiger partial charge in [0.1, 0.15) is 11.5 Å². The number of nitrogens with zero attached hydrogens (tertiary/aromatic N) is 3. The van der Waals surface area contributed by atoms with E-state index in [2.05, 4.69) is 10.4 Å². The van der Waals surface area contributed by atoms with Crippen molar-refractivity contribution in [3.8, 4) is 11.5 Å². The largest absolute Gasteiger partial charge is 0.476 e. The van der Waals surface area contributed by atoms with E-state index >= 15 is 0 Å². The number of aromatic nitrogens is 2. The number of non-ortho nitro benzene ring substituents is 1. The summed E-state index contributed by atoms with van der Waals surface area (Å²) < 4.78 is 6.92. The molecule has 0 aliphatic rings. The van der Waals surface area contributed by atoms with E-state index in [-0.39, 0.29) is 22.7 Å². The van der Waals surface area contributed by atoms with Gasteiger partial charge in [-0.15, -0.1) is 0 Å². The third-order valence-corrected chi connectivity index (χ3v) is 3.96. The molecule has 148 valence electrons. The van der Waals surface area contributed by atoms with E-state index in [1.165, 1.54) is 30.1 Å². The molecule has 0 saturated carbocycles. The average molecular weight is 396 g/mol. The standard InChI is InChI=1S/C19H16N4O6/c1-11-5-3-4-6-16(11)29-14-8-12(7-13(9-14)23(27)28)20-18(24)15-10-22(2)21-17(15)19(25)26/h3-10H,1-2H3,(H,20,24)(H,25,26). The zero-order valence-corrected chi connectivity index (χ0v) is 15.4. The Kier molecular flexibility index (Phi) is 5.26. The van der Waals surface area contributed by atoms with Crippen molar-refractivity contribution >= 4 is 23.3 Å². The molecule has 1 heterocycles. The third-order valence-electron chi connectivity index (χ3n) is 3.96. The molecule has 0 fully saturated rings. The topological polar surface area (TPSA) is 137 Å². The predicted octanol–water partition coefficient (Wildman–Crippen LogP) is 3.38. The Labute approximate surface area is 164 Å². The first-order chi connectivity index (χ1) is 13.7. The fraction of sp³-hybridized carbons (Fsp3) is 0.105. The molecule has 3 rings (SSSR count). The number of nitrogens with one attached hydrogen (secondary N) is 1. The Morgan fingerprint density at radius 2 is 1.97 bits per heavy atom. The second-order valence-corrected chi connectivity index (χ2v) is 6.16. The first kappa shape index (κ1) is 19.5. The van der Waals surface area contributed by atoms with Crippen LogP contribution in [0.25, 0.3) is 0 Å². The number of carbonyl (C=O) groups excluding carboxylic acids is 1. The summed E-state index contributed by atoms with van der Waals surface area (Å²) in [7, 11) is 1.48. The van der Waals surface area contributed by atoms with Crippen LogP contribution in [0.1, 0.15) is 26.4 Å². The van der Waals surface area contributed by atoms with Crippen molar-refractivity contribution in [2.75, 3.05) is 5.32 Å². The third kappa shape index (κ3) is 4.38. The summed E-state index contributed by atoms with van der Waals surface area (Å²) in [6.45, 7) is 1.82. The maximum atomic E-state index is 12.5. The molecule has 2 N–H and O–H groups in total. The van der Waals surface area contributed by atoms with Crippen molar-refractivity contribution in [1.82, 2.24) is 9.78 Å². The van der Waals surface area contributed by atoms with Crippen LogP contribution in [0.4, 0.5) is 11.4 Å². The van der Waals surface area contributed by atoms with Crippen molar-refractivity contribution < 1.29 is 24.4 Å². The Morgan fingerprint density at radius 3 is 2.62 bits per heavy atom. The van der Waals surface area contributed by atoms with Crippen molar-refractivity contribution in [2.45, 2.75) is 6.92 Å². The molecule has 0 aliphatic heterocycles. The van der Waals surface area contributed by atoms with E-state index < -0.39 is 22.5 Å². The highest BCUT2D eigenvalue weighted by Crippen LogP contribution is 2.31. The summed E-state index contributed by atoms with van der Waals surface area (Å²) in [5.74, 6) is -1.48. The number of aryl methyl sites for hydroxylation is 2. The van der Waals surface area contributed by atoms with Gasteiger partial charge in [-0.1, -0.05) is 18.2 Å². The van der Waals surface area contributed by atoms with E-state index in [4.69, 9.17) is 4.74 Å². The number of anilines is 1. The molecule has 0 saturated heterocycles. The van der Waals surface area contributed by atoms with Gasteiger partial charge < -0.3 is 15.2 Å². The smallest absolute Gasteiger partial charge is 0.357 e. The number of benzene rings is 2. The van der Waals surface area contributed by atoms with Crippen LogP contribution >= 0.6 is 0 Å². The highest BCUT2D eigenvalue weighted by molar-refractivity contribution is 6.10. The molecule has 1 amide bonds. The number of amides is 1. The van der Waals surface area contributed by atoms with Gasteiger partial charge in [0.15, 0.2) is 5.69 Å². The van der Waals surface area contributed by atoms with Crippen LogP contribution in [0.15, 0.2) is 48.7 Å². The predicted molar refractivity (Wildman–Crippen MR) is 102 cm³/mol. The summed E-state index contributed by atoms with van der Waals surface area (Å²) in [5, 5.41) is 26.6. The van der Waals surface area contributed by atoms with Crippen LogP contribution in [0.2, 0.25) is 0 Å². The summed E-state index contributed by atoms with van der Waals surface area (Å²) in [4.78, 5) is 34.4.